The average molecular weight is 530 g/mol. The highest BCUT2D eigenvalue weighted by molar-refractivity contribution is 7.99. The molecule has 3 aromatic carbocycles. The Morgan fingerprint density at radius 1 is 1.00 bits per heavy atom. The molecule has 1 aliphatic heterocycles. The van der Waals surface area contributed by atoms with Crippen LogP contribution in [0.1, 0.15) is 17.3 Å². The van der Waals surface area contributed by atoms with Gasteiger partial charge in [0.05, 0.1) is 18.1 Å². The van der Waals surface area contributed by atoms with Gasteiger partial charge in [0, 0.05) is 23.8 Å². The summed E-state index contributed by atoms with van der Waals surface area (Å²) in [5.74, 6) is 0.517. The number of hydrogen-bond acceptors (Lipinski definition) is 6. The van der Waals surface area contributed by atoms with Gasteiger partial charge in [0.1, 0.15) is 16.9 Å². The fourth-order valence-corrected chi connectivity index (χ4v) is 6.69. The Bertz CT molecular complexity index is 1790. The van der Waals surface area contributed by atoms with Gasteiger partial charge in [-0.15, -0.1) is 16.9 Å². The van der Waals surface area contributed by atoms with Gasteiger partial charge in [-0.2, -0.15) is 0 Å². The van der Waals surface area contributed by atoms with Gasteiger partial charge >= 0.3 is 0 Å². The van der Waals surface area contributed by atoms with Crippen LogP contribution in [0.5, 0.6) is 0 Å². The highest BCUT2D eigenvalue weighted by Crippen LogP contribution is 2.40. The quantitative estimate of drug-likeness (QED) is 0.351. The van der Waals surface area contributed by atoms with E-state index in [1.54, 1.807) is 9.25 Å². The van der Waals surface area contributed by atoms with E-state index in [1.165, 1.54) is 17.8 Å². The molecule has 6 rings (SSSR count). The van der Waals surface area contributed by atoms with Crippen LogP contribution in [-0.4, -0.2) is 40.0 Å². The molecule has 8 nitrogen and oxygen atoms in total. The highest BCUT2D eigenvalue weighted by atomic mass is 32.2. The van der Waals surface area contributed by atoms with Crippen molar-refractivity contribution in [2.45, 2.75) is 17.6 Å². The second-order valence-corrected chi connectivity index (χ2v) is 11.7. The van der Waals surface area contributed by atoms with Gasteiger partial charge < -0.3 is 0 Å². The Morgan fingerprint density at radius 2 is 1.76 bits per heavy atom. The molecular formula is C27H23N5O3S2. The lowest BCUT2D eigenvalue weighted by molar-refractivity contribution is 0.404. The monoisotopic (exact) mass is 529 g/mol. The molecule has 186 valence electrons. The first-order valence-corrected chi connectivity index (χ1v) is 14.6. The zero-order chi connectivity index (χ0) is 25.6. The molecule has 0 fully saturated rings. The van der Waals surface area contributed by atoms with Gasteiger partial charge in [-0.05, 0) is 21.9 Å². The number of nitrogens with one attached hydrogen (secondary N) is 1. The number of aromatic nitrogens is 4. The zero-order valence-corrected chi connectivity index (χ0v) is 21.5. The minimum Gasteiger partial charge on any atom is -0.281 e. The molecule has 3 heterocycles. The van der Waals surface area contributed by atoms with E-state index < -0.39 is 16.2 Å². The van der Waals surface area contributed by atoms with E-state index >= 15 is 0 Å². The van der Waals surface area contributed by atoms with Crippen molar-refractivity contribution in [3.63, 3.8) is 0 Å². The van der Waals surface area contributed by atoms with Crippen molar-refractivity contribution in [1.82, 2.24) is 19.6 Å². The van der Waals surface area contributed by atoms with Gasteiger partial charge in [-0.1, -0.05) is 78.0 Å². The fraction of sp³-hybridized carbons (Fsp3) is 0.148. The van der Waals surface area contributed by atoms with Crippen LogP contribution >= 0.6 is 11.8 Å². The average Bonchev–Trinajstić information content (AvgIpc) is 3.55. The minimum absolute atomic E-state index is 0.212. The Labute approximate surface area is 218 Å². The maximum Gasteiger partial charge on any atom is 0.253 e. The summed E-state index contributed by atoms with van der Waals surface area (Å²) in [5.41, 5.74) is 3.50. The van der Waals surface area contributed by atoms with Gasteiger partial charge in [0.15, 0.2) is 0 Å². The first-order valence-electron chi connectivity index (χ1n) is 11.7. The van der Waals surface area contributed by atoms with E-state index in [1.807, 2.05) is 79.0 Å². The van der Waals surface area contributed by atoms with E-state index in [2.05, 4.69) is 15.0 Å². The van der Waals surface area contributed by atoms with Gasteiger partial charge in [0.25, 0.3) is 5.56 Å². The smallest absolute Gasteiger partial charge is 0.253 e. The van der Waals surface area contributed by atoms with Crippen LogP contribution in [0.4, 0.5) is 5.69 Å². The molecule has 1 N–H and O–H groups in total. The molecular weight excluding hydrogens is 506 g/mol. The van der Waals surface area contributed by atoms with E-state index in [9.17, 15) is 13.2 Å². The van der Waals surface area contributed by atoms with E-state index in [4.69, 9.17) is 0 Å². The van der Waals surface area contributed by atoms with Gasteiger partial charge in [0.2, 0.25) is 10.0 Å². The van der Waals surface area contributed by atoms with Gasteiger partial charge in [-0.3, -0.25) is 14.1 Å². The van der Waals surface area contributed by atoms with Crippen molar-refractivity contribution in [3.05, 3.63) is 107 Å². The number of pyridine rings is 1. The van der Waals surface area contributed by atoms with E-state index in [0.717, 1.165) is 28.2 Å². The lowest BCUT2D eigenvalue weighted by Crippen LogP contribution is -2.29. The van der Waals surface area contributed by atoms with Crippen molar-refractivity contribution in [1.29, 1.82) is 0 Å². The summed E-state index contributed by atoms with van der Waals surface area (Å²) in [6.45, 7) is 0. The summed E-state index contributed by atoms with van der Waals surface area (Å²) < 4.78 is 30.7. The Morgan fingerprint density at radius 3 is 2.57 bits per heavy atom. The SMILES string of the molecule is CS(=O)(=O)Nc1c(Cc2cccc3ccccc23)cc(=O)n2c1SCC2n1cc(-c2ccccc2)nn1. The van der Waals surface area contributed by atoms with Crippen molar-refractivity contribution in [3.8, 4) is 11.3 Å². The van der Waals surface area contributed by atoms with Crippen LogP contribution in [0.15, 0.2) is 94.9 Å². The van der Waals surface area contributed by atoms with E-state index in [-0.39, 0.29) is 5.56 Å². The predicted octanol–water partition coefficient (Wildman–Crippen LogP) is 4.37. The normalized spacial score (nSPS) is 15.1. The molecule has 0 aliphatic carbocycles. The molecule has 0 spiro atoms. The third-order valence-corrected chi connectivity index (χ3v) is 8.10. The number of sulfonamides is 1. The molecule has 1 unspecified atom stereocenters. The summed E-state index contributed by atoms with van der Waals surface area (Å²) in [4.78, 5) is 13.5. The number of fused-ring (bicyclic) bond motifs is 2. The summed E-state index contributed by atoms with van der Waals surface area (Å²) in [6.07, 6.45) is 2.92. The number of anilines is 1. The maximum atomic E-state index is 13.5. The molecule has 0 radical (unpaired) electrons. The van der Waals surface area contributed by atoms with Crippen LogP contribution in [0.25, 0.3) is 22.0 Å². The van der Waals surface area contributed by atoms with Crippen molar-refractivity contribution >= 4 is 38.2 Å². The fourth-order valence-electron chi connectivity index (χ4n) is 4.74. The Balaban J connectivity index is 1.45. The third kappa shape index (κ3) is 4.54. The lowest BCUT2D eigenvalue weighted by Gasteiger charge is -2.19. The largest absolute Gasteiger partial charge is 0.281 e. The molecule has 10 heteroatoms. The van der Waals surface area contributed by atoms with Gasteiger partial charge in [-0.25, -0.2) is 13.1 Å². The standard InChI is InChI=1S/C27H23N5O3S2/c1-37(34,35)29-26-21(14-20-12-7-11-18-8-5-6-13-22(18)20)15-25(33)32-24(17-36-27(26)32)31-16-23(28-30-31)19-9-3-2-4-10-19/h2-13,15-16,24,29H,14,17H2,1H3. The summed E-state index contributed by atoms with van der Waals surface area (Å²) >= 11 is 1.43. The zero-order valence-electron chi connectivity index (χ0n) is 19.9. The van der Waals surface area contributed by atoms with Crippen molar-refractivity contribution in [2.75, 3.05) is 16.7 Å². The second-order valence-electron chi connectivity index (χ2n) is 8.99. The van der Waals surface area contributed by atoms with E-state index in [0.29, 0.717) is 34.1 Å². The summed E-state index contributed by atoms with van der Waals surface area (Å²) in [7, 11) is -3.60. The number of rotatable bonds is 6. The number of thioether (sulfide) groups is 1. The molecule has 1 aliphatic rings. The molecule has 37 heavy (non-hydrogen) atoms. The Kier molecular flexibility index (Phi) is 5.85. The molecule has 0 bridgehead atoms. The number of benzene rings is 3. The molecule has 0 saturated heterocycles. The topological polar surface area (TPSA) is 98.9 Å². The van der Waals surface area contributed by atoms with Crippen molar-refractivity contribution in [2.24, 2.45) is 0 Å². The lowest BCUT2D eigenvalue weighted by atomic mass is 9.98. The van der Waals surface area contributed by atoms with Crippen LogP contribution in [0.2, 0.25) is 0 Å². The predicted molar refractivity (Wildman–Crippen MR) is 147 cm³/mol. The molecule has 5 aromatic rings. The molecule has 0 amide bonds. The van der Waals surface area contributed by atoms with Crippen LogP contribution < -0.4 is 10.3 Å². The molecule has 0 saturated carbocycles. The maximum absolute atomic E-state index is 13.5. The third-order valence-electron chi connectivity index (χ3n) is 6.39. The number of nitrogens with zero attached hydrogens (tertiary/aromatic N) is 4. The Hall–Kier alpha value is -3.89. The minimum atomic E-state index is -3.60. The van der Waals surface area contributed by atoms with Crippen molar-refractivity contribution < 1.29 is 8.42 Å². The van der Waals surface area contributed by atoms with Crippen LogP contribution in [0, 0.1) is 0 Å². The van der Waals surface area contributed by atoms with Crippen LogP contribution in [-0.2, 0) is 16.4 Å². The molecule has 1 atom stereocenters. The first kappa shape index (κ1) is 23.5. The first-order chi connectivity index (χ1) is 17.9. The summed E-state index contributed by atoms with van der Waals surface area (Å²) in [5, 5.41) is 11.3. The molecule has 2 aromatic heterocycles. The second kappa shape index (κ2) is 9.20. The summed E-state index contributed by atoms with van der Waals surface area (Å²) in [6, 6.07) is 25.3. The van der Waals surface area contributed by atoms with Crippen LogP contribution in [0.3, 0.4) is 0 Å². The number of hydrogen-bond donors (Lipinski definition) is 1. The highest BCUT2D eigenvalue weighted by Gasteiger charge is 2.31.